The predicted octanol–water partition coefficient (Wildman–Crippen LogP) is 2.96. The minimum absolute atomic E-state index is 0.458. The van der Waals surface area contributed by atoms with Crippen LogP contribution in [-0.4, -0.2) is 5.33 Å². The number of hydrogen-bond acceptors (Lipinski definition) is 0. The average Bonchev–Trinajstić information content (AvgIpc) is 1.84. The first kappa shape index (κ1) is 4.37. The topological polar surface area (TPSA) is 0 Å². The lowest BCUT2D eigenvalue weighted by molar-refractivity contribution is 0.708. The Morgan fingerprint density at radius 1 is 1.57 bits per heavy atom. The van der Waals surface area contributed by atoms with E-state index in [-0.39, 0.29) is 0 Å². The molecule has 0 radical (unpaired) electrons. The van der Waals surface area contributed by atoms with Gasteiger partial charge in [-0.15, -0.1) is 0 Å². The van der Waals surface area contributed by atoms with Crippen LogP contribution >= 0.6 is 15.9 Å². The van der Waals surface area contributed by atoms with Crippen molar-refractivity contribution in [1.29, 1.82) is 0 Å². The van der Waals surface area contributed by atoms with E-state index < -0.39 is 6.37 Å². The Hall–Kier alpha value is 0.480. The van der Waals surface area contributed by atoms with Gasteiger partial charge >= 0.3 is 0 Å². The van der Waals surface area contributed by atoms with Gasteiger partial charge in [0.1, 0.15) is 0 Å². The zero-order valence-corrected chi connectivity index (χ0v) is 6.29. The van der Waals surface area contributed by atoms with Crippen LogP contribution in [0.5, 0.6) is 0 Å². The standard InChI is InChI=1S/C6H13Br/c1-2-3-4-5-6-7/h2-6H2,1H3/i5D2. The summed E-state index contributed by atoms with van der Waals surface area (Å²) in [5.74, 6) is 0. The Kier molecular flexibility index (Phi) is 4.04. The summed E-state index contributed by atoms with van der Waals surface area (Å²) in [5.41, 5.74) is 0. The SMILES string of the molecule is [2H]C([2H])(CBr)CCCC. The smallest absolute Gasteiger partial charge is 0.0275 e. The van der Waals surface area contributed by atoms with E-state index in [0.29, 0.717) is 11.8 Å². The molecule has 0 nitrogen and oxygen atoms in total. The van der Waals surface area contributed by atoms with Gasteiger partial charge in [-0.2, -0.15) is 0 Å². The lowest BCUT2D eigenvalue weighted by Gasteiger charge is -1.89. The van der Waals surface area contributed by atoms with Gasteiger partial charge in [0, 0.05) is 8.07 Å². The van der Waals surface area contributed by atoms with Gasteiger partial charge in [0.25, 0.3) is 0 Å². The summed E-state index contributed by atoms with van der Waals surface area (Å²) in [6.45, 7) is 2.07. The monoisotopic (exact) mass is 166 g/mol. The van der Waals surface area contributed by atoms with Gasteiger partial charge in [-0.1, -0.05) is 42.1 Å². The molecule has 0 aromatic rings. The normalized spacial score (nSPS) is 15.7. The highest BCUT2D eigenvalue weighted by Gasteiger charge is 1.81. The Morgan fingerprint density at radius 2 is 2.29 bits per heavy atom. The molecule has 0 fully saturated rings. The molecule has 0 unspecified atom stereocenters. The van der Waals surface area contributed by atoms with E-state index in [0.717, 1.165) is 12.8 Å². The highest BCUT2D eigenvalue weighted by molar-refractivity contribution is 9.09. The van der Waals surface area contributed by atoms with Crippen molar-refractivity contribution in [2.24, 2.45) is 0 Å². The minimum Gasteiger partial charge on any atom is -0.0928 e. The molecule has 1 heteroatoms. The van der Waals surface area contributed by atoms with E-state index >= 15 is 0 Å². The molecule has 0 atom stereocenters. The molecule has 0 saturated heterocycles. The molecule has 7 heavy (non-hydrogen) atoms. The zero-order valence-electron chi connectivity index (χ0n) is 6.71. The third kappa shape index (κ3) is 6.48. The average molecular weight is 167 g/mol. The van der Waals surface area contributed by atoms with Crippen LogP contribution < -0.4 is 0 Å². The fraction of sp³-hybridized carbons (Fsp3) is 1.00. The molecule has 0 spiro atoms. The van der Waals surface area contributed by atoms with Crippen LogP contribution in [0.2, 0.25) is 0 Å². The third-order valence-electron chi connectivity index (χ3n) is 0.802. The Morgan fingerprint density at radius 3 is 2.71 bits per heavy atom. The van der Waals surface area contributed by atoms with Gasteiger partial charge in [-0.3, -0.25) is 0 Å². The molecule has 0 saturated carbocycles. The molecule has 0 aromatic carbocycles. The molecule has 0 aliphatic heterocycles. The number of halogens is 1. The van der Waals surface area contributed by atoms with Crippen molar-refractivity contribution in [3.63, 3.8) is 0 Å². The molecule has 0 bridgehead atoms. The summed E-state index contributed by atoms with van der Waals surface area (Å²) >= 11 is 3.13. The lowest BCUT2D eigenvalue weighted by atomic mass is 10.2. The molecule has 0 amide bonds. The molecular weight excluding hydrogens is 152 g/mol. The number of alkyl halides is 1. The van der Waals surface area contributed by atoms with Crippen LogP contribution in [0.1, 0.15) is 35.3 Å². The molecule has 0 aliphatic rings. The van der Waals surface area contributed by atoms with Crippen LogP contribution in [0, 0.1) is 0 Å². The Bertz CT molecular complexity index is 73.5. The van der Waals surface area contributed by atoms with Crippen LogP contribution in [0.4, 0.5) is 0 Å². The van der Waals surface area contributed by atoms with Crippen molar-refractivity contribution in [2.45, 2.75) is 32.6 Å². The molecular formula is C6H13Br. The summed E-state index contributed by atoms with van der Waals surface area (Å²) in [4.78, 5) is 0. The van der Waals surface area contributed by atoms with E-state index in [4.69, 9.17) is 2.74 Å². The summed E-state index contributed by atoms with van der Waals surface area (Å²) < 4.78 is 14.6. The van der Waals surface area contributed by atoms with E-state index in [1.165, 1.54) is 0 Å². The summed E-state index contributed by atoms with van der Waals surface area (Å²) in [6.07, 6.45) is 1.75. The second-order valence-electron chi connectivity index (χ2n) is 1.49. The second kappa shape index (κ2) is 6.48. The van der Waals surface area contributed by atoms with E-state index in [1.54, 1.807) is 0 Å². The van der Waals surface area contributed by atoms with Gasteiger partial charge in [-0.25, -0.2) is 0 Å². The molecule has 44 valence electrons. The van der Waals surface area contributed by atoms with Crippen LogP contribution in [-0.2, 0) is 0 Å². The highest BCUT2D eigenvalue weighted by Crippen LogP contribution is 1.99. The van der Waals surface area contributed by atoms with Crippen LogP contribution in [0.3, 0.4) is 0 Å². The summed E-state index contributed by atoms with van der Waals surface area (Å²) in [6, 6.07) is 0. The predicted molar refractivity (Wildman–Crippen MR) is 37.9 cm³/mol. The minimum atomic E-state index is -0.990. The zero-order chi connectivity index (χ0) is 7.33. The van der Waals surface area contributed by atoms with E-state index in [2.05, 4.69) is 22.9 Å². The molecule has 0 N–H and O–H groups in total. The maximum Gasteiger partial charge on any atom is 0.0275 e. The Balaban J connectivity index is 3.33. The molecule has 0 heterocycles. The first-order valence-corrected chi connectivity index (χ1v) is 3.80. The van der Waals surface area contributed by atoms with Crippen molar-refractivity contribution in [1.82, 2.24) is 0 Å². The van der Waals surface area contributed by atoms with Gasteiger partial charge in [0.15, 0.2) is 0 Å². The molecule has 0 aliphatic carbocycles. The number of rotatable bonds is 4. The maximum absolute atomic E-state index is 7.30. The lowest BCUT2D eigenvalue weighted by Crippen LogP contribution is -1.73. The van der Waals surface area contributed by atoms with Gasteiger partial charge in [0.05, 0.1) is 0 Å². The number of unbranched alkanes of at least 4 members (excludes halogenated alkanes) is 1. The van der Waals surface area contributed by atoms with Crippen LogP contribution in [0.25, 0.3) is 0 Å². The molecule has 0 aromatic heterocycles. The largest absolute Gasteiger partial charge is 0.0928 e. The first-order chi connectivity index (χ1) is 4.12. The highest BCUT2D eigenvalue weighted by atomic mass is 79.9. The summed E-state index contributed by atoms with van der Waals surface area (Å²) in [7, 11) is 0. The van der Waals surface area contributed by atoms with Crippen molar-refractivity contribution in [3.8, 4) is 0 Å². The van der Waals surface area contributed by atoms with Gasteiger partial charge < -0.3 is 0 Å². The van der Waals surface area contributed by atoms with Crippen molar-refractivity contribution < 1.29 is 2.74 Å². The van der Waals surface area contributed by atoms with Gasteiger partial charge in [-0.05, 0) is 6.37 Å². The third-order valence-corrected chi connectivity index (χ3v) is 1.20. The number of hydrogen-bond donors (Lipinski definition) is 0. The van der Waals surface area contributed by atoms with Crippen LogP contribution in [0.15, 0.2) is 0 Å². The fourth-order valence-corrected chi connectivity index (χ4v) is 0.649. The molecule has 0 rings (SSSR count). The fourth-order valence-electron chi connectivity index (χ4n) is 0.369. The van der Waals surface area contributed by atoms with Crippen molar-refractivity contribution in [3.05, 3.63) is 0 Å². The Labute approximate surface area is 57.2 Å². The maximum atomic E-state index is 7.30. The first-order valence-electron chi connectivity index (χ1n) is 3.68. The quantitative estimate of drug-likeness (QED) is 0.564. The summed E-state index contributed by atoms with van der Waals surface area (Å²) in [5, 5.41) is 0.458. The van der Waals surface area contributed by atoms with Crippen molar-refractivity contribution in [2.75, 3.05) is 5.33 Å². The van der Waals surface area contributed by atoms with E-state index in [9.17, 15) is 0 Å². The van der Waals surface area contributed by atoms with E-state index in [1.807, 2.05) is 0 Å². The second-order valence-corrected chi connectivity index (χ2v) is 2.05. The van der Waals surface area contributed by atoms with Crippen molar-refractivity contribution >= 4 is 15.9 Å². The van der Waals surface area contributed by atoms with Gasteiger partial charge in [0.2, 0.25) is 0 Å².